The maximum Gasteiger partial charge on any atom is 0.419 e. The number of pyridine rings is 1. The van der Waals surface area contributed by atoms with E-state index in [1.54, 1.807) is 6.07 Å². The second-order valence-electron chi connectivity index (χ2n) is 4.14. The van der Waals surface area contributed by atoms with Crippen LogP contribution in [-0.4, -0.2) is 4.98 Å². The Hall–Kier alpha value is -1.63. The smallest absolute Gasteiger partial charge is 0.340 e. The van der Waals surface area contributed by atoms with Crippen LogP contribution in [0.15, 0.2) is 34.9 Å². The van der Waals surface area contributed by atoms with Crippen molar-refractivity contribution in [1.82, 2.24) is 4.98 Å². The number of nitrogens with one attached hydrogen (secondary N) is 1. The lowest BCUT2D eigenvalue weighted by molar-refractivity contribution is -0.139. The Kier molecular flexibility index (Phi) is 3.99. The van der Waals surface area contributed by atoms with Crippen LogP contribution in [0.5, 0.6) is 0 Å². The van der Waals surface area contributed by atoms with Gasteiger partial charge in [-0.3, -0.25) is 0 Å². The molecule has 1 aromatic heterocycles. The minimum absolute atomic E-state index is 0.118. The highest BCUT2D eigenvalue weighted by molar-refractivity contribution is 9.10. The van der Waals surface area contributed by atoms with E-state index in [1.165, 1.54) is 12.3 Å². The molecule has 0 amide bonds. The Balaban J connectivity index is 2.32. The zero-order valence-corrected chi connectivity index (χ0v) is 11.8. The van der Waals surface area contributed by atoms with Crippen LogP contribution in [0.3, 0.4) is 0 Å². The number of anilines is 2. The van der Waals surface area contributed by atoms with Gasteiger partial charge in [-0.2, -0.15) is 13.2 Å². The molecule has 0 spiro atoms. The minimum atomic E-state index is -4.73. The molecule has 0 radical (unpaired) electrons. The summed E-state index contributed by atoms with van der Waals surface area (Å²) in [6, 6.07) is 4.38. The van der Waals surface area contributed by atoms with Gasteiger partial charge in [-0.15, -0.1) is 0 Å². The lowest BCUT2D eigenvalue weighted by atomic mass is 10.1. The molecular formula is C13H9BrF4N2. The predicted molar refractivity (Wildman–Crippen MR) is 71.4 cm³/mol. The van der Waals surface area contributed by atoms with Crippen LogP contribution in [0, 0.1) is 12.7 Å². The van der Waals surface area contributed by atoms with Gasteiger partial charge in [-0.1, -0.05) is 0 Å². The zero-order chi connectivity index (χ0) is 14.9. The van der Waals surface area contributed by atoms with E-state index < -0.39 is 17.6 Å². The SMILES string of the molecule is Cc1cc(Nc2ccc(F)c(C(F)(F)F)c2)ncc1Br. The first-order chi connectivity index (χ1) is 9.27. The molecule has 0 bridgehead atoms. The number of hydrogen-bond donors (Lipinski definition) is 1. The highest BCUT2D eigenvalue weighted by Crippen LogP contribution is 2.33. The lowest BCUT2D eigenvalue weighted by Gasteiger charge is -2.11. The van der Waals surface area contributed by atoms with Crippen molar-refractivity contribution in [2.75, 3.05) is 5.32 Å². The second-order valence-corrected chi connectivity index (χ2v) is 4.99. The van der Waals surface area contributed by atoms with Gasteiger partial charge in [0.05, 0.1) is 5.56 Å². The normalized spacial score (nSPS) is 11.5. The Morgan fingerprint density at radius 3 is 2.50 bits per heavy atom. The van der Waals surface area contributed by atoms with Crippen molar-refractivity contribution in [1.29, 1.82) is 0 Å². The standard InChI is InChI=1S/C13H9BrF4N2/c1-7-4-12(19-6-10(7)14)20-8-2-3-11(15)9(5-8)13(16,17)18/h2-6H,1H3,(H,19,20). The predicted octanol–water partition coefficient (Wildman–Crippen LogP) is 5.05. The summed E-state index contributed by atoms with van der Waals surface area (Å²) in [6.45, 7) is 1.82. The monoisotopic (exact) mass is 348 g/mol. The first-order valence-electron chi connectivity index (χ1n) is 5.53. The van der Waals surface area contributed by atoms with Gasteiger partial charge in [0.2, 0.25) is 0 Å². The van der Waals surface area contributed by atoms with Crippen LogP contribution in [-0.2, 0) is 6.18 Å². The zero-order valence-electron chi connectivity index (χ0n) is 10.2. The summed E-state index contributed by atoms with van der Waals surface area (Å²) in [6.07, 6.45) is -3.20. The van der Waals surface area contributed by atoms with Gasteiger partial charge < -0.3 is 5.32 Å². The third-order valence-corrected chi connectivity index (χ3v) is 3.42. The number of benzene rings is 1. The summed E-state index contributed by atoms with van der Waals surface area (Å²) >= 11 is 3.27. The summed E-state index contributed by atoms with van der Waals surface area (Å²) in [7, 11) is 0. The molecule has 7 heteroatoms. The maximum absolute atomic E-state index is 13.2. The molecular weight excluding hydrogens is 340 g/mol. The van der Waals surface area contributed by atoms with Gasteiger partial charge in [-0.25, -0.2) is 9.37 Å². The van der Waals surface area contributed by atoms with Crippen molar-refractivity contribution in [3.05, 3.63) is 51.9 Å². The Morgan fingerprint density at radius 2 is 1.90 bits per heavy atom. The summed E-state index contributed by atoms with van der Waals surface area (Å²) < 4.78 is 51.7. The van der Waals surface area contributed by atoms with Crippen LogP contribution < -0.4 is 5.32 Å². The van der Waals surface area contributed by atoms with Crippen LogP contribution in [0.25, 0.3) is 0 Å². The summed E-state index contributed by atoms with van der Waals surface area (Å²) in [5.74, 6) is -0.923. The molecule has 0 saturated heterocycles. The minimum Gasteiger partial charge on any atom is -0.340 e. The van der Waals surface area contributed by atoms with E-state index in [4.69, 9.17) is 0 Å². The van der Waals surface area contributed by atoms with E-state index >= 15 is 0 Å². The van der Waals surface area contributed by atoms with E-state index in [-0.39, 0.29) is 5.69 Å². The third-order valence-electron chi connectivity index (χ3n) is 2.59. The number of hydrogen-bond acceptors (Lipinski definition) is 2. The fraction of sp³-hybridized carbons (Fsp3) is 0.154. The van der Waals surface area contributed by atoms with E-state index in [0.717, 1.165) is 16.1 Å². The number of aromatic nitrogens is 1. The number of rotatable bonds is 2. The molecule has 0 aliphatic heterocycles. The van der Waals surface area contributed by atoms with Gasteiger partial charge in [0.15, 0.2) is 0 Å². The molecule has 106 valence electrons. The second kappa shape index (κ2) is 5.40. The van der Waals surface area contributed by atoms with E-state index in [2.05, 4.69) is 26.2 Å². The first kappa shape index (κ1) is 14.8. The summed E-state index contributed by atoms with van der Waals surface area (Å²) in [5, 5.41) is 2.71. The van der Waals surface area contributed by atoms with Crippen LogP contribution in [0.1, 0.15) is 11.1 Å². The molecule has 1 aromatic carbocycles. The molecule has 2 nitrogen and oxygen atoms in total. The molecule has 20 heavy (non-hydrogen) atoms. The Labute approximate surface area is 121 Å². The van der Waals surface area contributed by atoms with Gasteiger partial charge in [-0.05, 0) is 52.7 Å². The van der Waals surface area contributed by atoms with E-state index in [9.17, 15) is 17.6 Å². The quantitative estimate of drug-likeness (QED) is 0.767. The van der Waals surface area contributed by atoms with Gasteiger partial charge in [0.25, 0.3) is 0 Å². The molecule has 1 N–H and O–H groups in total. The number of halogens is 5. The Bertz CT molecular complexity index is 641. The van der Waals surface area contributed by atoms with Crippen molar-refractivity contribution >= 4 is 27.4 Å². The first-order valence-corrected chi connectivity index (χ1v) is 6.32. The van der Waals surface area contributed by atoms with Crippen molar-refractivity contribution in [2.24, 2.45) is 0 Å². The summed E-state index contributed by atoms with van der Waals surface area (Å²) in [4.78, 5) is 4.02. The molecule has 1 heterocycles. The van der Waals surface area contributed by atoms with Crippen LogP contribution in [0.4, 0.5) is 29.1 Å². The van der Waals surface area contributed by atoms with Crippen molar-refractivity contribution in [3.63, 3.8) is 0 Å². The lowest BCUT2D eigenvalue weighted by Crippen LogP contribution is -2.08. The van der Waals surface area contributed by atoms with Gasteiger partial charge in [0, 0.05) is 16.4 Å². The summed E-state index contributed by atoms with van der Waals surface area (Å²) in [5.41, 5.74) is -0.315. The van der Waals surface area contributed by atoms with Gasteiger partial charge >= 0.3 is 6.18 Å². The van der Waals surface area contributed by atoms with Crippen molar-refractivity contribution in [2.45, 2.75) is 13.1 Å². The van der Waals surface area contributed by atoms with Crippen molar-refractivity contribution in [3.8, 4) is 0 Å². The number of aryl methyl sites for hydroxylation is 1. The van der Waals surface area contributed by atoms with Gasteiger partial charge in [0.1, 0.15) is 11.6 Å². The number of nitrogens with zero attached hydrogens (tertiary/aromatic N) is 1. The highest BCUT2D eigenvalue weighted by atomic mass is 79.9. The molecule has 0 aliphatic carbocycles. The Morgan fingerprint density at radius 1 is 1.20 bits per heavy atom. The molecule has 0 aliphatic rings. The van der Waals surface area contributed by atoms with E-state index in [1.807, 2.05) is 6.92 Å². The fourth-order valence-corrected chi connectivity index (χ4v) is 1.79. The highest BCUT2D eigenvalue weighted by Gasteiger charge is 2.34. The number of alkyl halides is 3. The van der Waals surface area contributed by atoms with Crippen LogP contribution in [0.2, 0.25) is 0 Å². The van der Waals surface area contributed by atoms with Crippen LogP contribution >= 0.6 is 15.9 Å². The third kappa shape index (κ3) is 3.27. The molecule has 0 unspecified atom stereocenters. The fourth-order valence-electron chi connectivity index (χ4n) is 1.58. The molecule has 2 aromatic rings. The molecule has 2 rings (SSSR count). The average molecular weight is 349 g/mol. The molecule has 0 saturated carbocycles. The topological polar surface area (TPSA) is 24.9 Å². The van der Waals surface area contributed by atoms with E-state index in [0.29, 0.717) is 11.9 Å². The van der Waals surface area contributed by atoms with Crippen molar-refractivity contribution < 1.29 is 17.6 Å². The molecule has 0 atom stereocenters. The largest absolute Gasteiger partial charge is 0.419 e. The average Bonchev–Trinajstić information content (AvgIpc) is 2.35. The maximum atomic E-state index is 13.2. The molecule has 0 fully saturated rings.